The van der Waals surface area contributed by atoms with Crippen LogP contribution >= 0.6 is 0 Å². The third kappa shape index (κ3) is 5.32. The van der Waals surface area contributed by atoms with Crippen LogP contribution in [0.1, 0.15) is 5.82 Å². The van der Waals surface area contributed by atoms with Crippen molar-refractivity contribution >= 4 is 10.1 Å². The third-order valence-electron chi connectivity index (χ3n) is 1.09. The molecule has 0 amide bonds. The molecule has 0 spiro atoms. The number of nitrogens with zero attached hydrogens (tertiary/aromatic N) is 2. The van der Waals surface area contributed by atoms with Crippen molar-refractivity contribution in [3.05, 3.63) is 18.2 Å². The number of nitriles is 1. The van der Waals surface area contributed by atoms with Crippen molar-refractivity contribution in [3.8, 4) is 6.07 Å². The van der Waals surface area contributed by atoms with E-state index in [1.54, 1.807) is 12.4 Å². The summed E-state index contributed by atoms with van der Waals surface area (Å²) in [5, 5.41) is 8.13. The van der Waals surface area contributed by atoms with Gasteiger partial charge in [-0.25, -0.2) is 4.98 Å². The first-order valence-electron chi connectivity index (χ1n) is 3.57. The Balaban J connectivity index is 0.000000281. The van der Waals surface area contributed by atoms with Gasteiger partial charge in [-0.1, -0.05) is 0 Å². The van der Waals surface area contributed by atoms with Gasteiger partial charge in [-0.15, -0.1) is 0 Å². The van der Waals surface area contributed by atoms with E-state index in [4.69, 9.17) is 18.2 Å². The molecular formula is C6H6F3N3O3S. The average Bonchev–Trinajstić information content (AvgIpc) is 2.54. The van der Waals surface area contributed by atoms with Crippen LogP contribution < -0.4 is 0 Å². The molecule has 1 aromatic heterocycles. The Bertz CT molecular complexity index is 446. The molecule has 1 aromatic rings. The van der Waals surface area contributed by atoms with Gasteiger partial charge in [0.25, 0.3) is 0 Å². The summed E-state index contributed by atoms with van der Waals surface area (Å²) in [5.41, 5.74) is -5.53. The lowest BCUT2D eigenvalue weighted by molar-refractivity contribution is -0.0510. The lowest BCUT2D eigenvalue weighted by Crippen LogP contribution is -2.21. The molecule has 0 aliphatic rings. The van der Waals surface area contributed by atoms with Gasteiger partial charge in [0.15, 0.2) is 0 Å². The molecule has 0 radical (unpaired) electrons. The van der Waals surface area contributed by atoms with Gasteiger partial charge in [0.05, 0.1) is 12.5 Å². The first kappa shape index (κ1) is 14.4. The van der Waals surface area contributed by atoms with E-state index in [0.717, 1.165) is 5.82 Å². The molecule has 0 fully saturated rings. The van der Waals surface area contributed by atoms with Gasteiger partial charge < -0.3 is 4.98 Å². The van der Waals surface area contributed by atoms with Gasteiger partial charge in [-0.05, 0) is 0 Å². The van der Waals surface area contributed by atoms with Crippen LogP contribution in [0.4, 0.5) is 13.2 Å². The fourth-order valence-electron chi connectivity index (χ4n) is 0.470. The highest BCUT2D eigenvalue weighted by atomic mass is 32.2. The van der Waals surface area contributed by atoms with Crippen molar-refractivity contribution < 1.29 is 26.1 Å². The van der Waals surface area contributed by atoms with Crippen molar-refractivity contribution in [1.82, 2.24) is 9.97 Å². The van der Waals surface area contributed by atoms with Crippen molar-refractivity contribution in [2.75, 3.05) is 0 Å². The smallest absolute Gasteiger partial charge is 0.348 e. The van der Waals surface area contributed by atoms with E-state index in [1.807, 2.05) is 6.07 Å². The minimum atomic E-state index is -5.84. The van der Waals surface area contributed by atoms with E-state index in [9.17, 15) is 13.2 Å². The zero-order valence-electron chi connectivity index (χ0n) is 7.56. The maximum Gasteiger partial charge on any atom is 0.522 e. The van der Waals surface area contributed by atoms with Crippen LogP contribution in [0.3, 0.4) is 0 Å². The summed E-state index contributed by atoms with van der Waals surface area (Å²) in [5.74, 6) is 0.729. The topological polar surface area (TPSA) is 107 Å². The number of halogens is 3. The van der Waals surface area contributed by atoms with Gasteiger partial charge in [0, 0.05) is 12.4 Å². The van der Waals surface area contributed by atoms with Crippen molar-refractivity contribution in [2.45, 2.75) is 11.9 Å². The van der Waals surface area contributed by atoms with Crippen LogP contribution in [0.2, 0.25) is 0 Å². The van der Waals surface area contributed by atoms with E-state index < -0.39 is 15.6 Å². The molecule has 0 saturated heterocycles. The normalized spacial score (nSPS) is 11.2. The summed E-state index contributed by atoms with van der Waals surface area (Å²) in [6.07, 6.45) is 3.70. The molecule has 2 N–H and O–H groups in total. The molecule has 6 nitrogen and oxygen atoms in total. The summed E-state index contributed by atoms with van der Waals surface area (Å²) in [6.45, 7) is 0. The van der Waals surface area contributed by atoms with Gasteiger partial charge in [0.1, 0.15) is 5.82 Å². The quantitative estimate of drug-likeness (QED) is 0.573. The monoisotopic (exact) mass is 257 g/mol. The Morgan fingerprint density at radius 3 is 2.31 bits per heavy atom. The fourth-order valence-corrected chi connectivity index (χ4v) is 0.470. The number of aromatic amines is 1. The first-order chi connectivity index (χ1) is 7.18. The summed E-state index contributed by atoms with van der Waals surface area (Å²) in [7, 11) is -5.84. The summed E-state index contributed by atoms with van der Waals surface area (Å²) in [6, 6.07) is 1.98. The van der Waals surface area contributed by atoms with E-state index in [1.165, 1.54) is 0 Å². The Morgan fingerprint density at radius 2 is 2.06 bits per heavy atom. The molecule has 0 saturated carbocycles. The highest BCUT2D eigenvalue weighted by molar-refractivity contribution is 7.86. The zero-order valence-corrected chi connectivity index (χ0v) is 8.38. The number of aromatic nitrogens is 2. The average molecular weight is 257 g/mol. The number of hydrogen-bond donors (Lipinski definition) is 2. The lowest BCUT2D eigenvalue weighted by Gasteiger charge is -1.97. The highest BCUT2D eigenvalue weighted by Crippen LogP contribution is 2.20. The van der Waals surface area contributed by atoms with E-state index in [2.05, 4.69) is 9.97 Å². The number of imidazole rings is 1. The second-order valence-corrected chi connectivity index (χ2v) is 3.70. The molecule has 16 heavy (non-hydrogen) atoms. The number of nitrogens with one attached hydrogen (secondary N) is 1. The Kier molecular flexibility index (Phi) is 4.93. The van der Waals surface area contributed by atoms with Crippen LogP contribution in [0, 0.1) is 11.3 Å². The van der Waals surface area contributed by atoms with Gasteiger partial charge in [-0.3, -0.25) is 4.55 Å². The minimum Gasteiger partial charge on any atom is -0.348 e. The summed E-state index contributed by atoms with van der Waals surface area (Å²) < 4.78 is 57.5. The van der Waals surface area contributed by atoms with E-state index >= 15 is 0 Å². The first-order valence-corrected chi connectivity index (χ1v) is 5.01. The van der Waals surface area contributed by atoms with Crippen LogP contribution in [0.25, 0.3) is 0 Å². The number of rotatable bonds is 1. The molecular weight excluding hydrogens is 251 g/mol. The summed E-state index contributed by atoms with van der Waals surface area (Å²) in [4.78, 5) is 6.63. The molecule has 10 heteroatoms. The zero-order chi connectivity index (χ0) is 12.8. The molecule has 0 atom stereocenters. The maximum atomic E-state index is 10.7. The van der Waals surface area contributed by atoms with Crippen LogP contribution in [-0.2, 0) is 16.5 Å². The molecule has 0 unspecified atom stereocenters. The maximum absolute atomic E-state index is 10.7. The van der Waals surface area contributed by atoms with Gasteiger partial charge in [-0.2, -0.15) is 26.9 Å². The van der Waals surface area contributed by atoms with Gasteiger partial charge >= 0.3 is 15.6 Å². The second-order valence-electron chi connectivity index (χ2n) is 2.29. The predicted molar refractivity (Wildman–Crippen MR) is 45.5 cm³/mol. The number of hydrogen-bond acceptors (Lipinski definition) is 4. The third-order valence-corrected chi connectivity index (χ3v) is 1.68. The lowest BCUT2D eigenvalue weighted by atomic mass is 10.5. The SMILES string of the molecule is N#CCc1ncc[nH]1.O=S(=O)(O)C(F)(F)F. The standard InChI is InChI=1S/C5H5N3.CHF3O3S/c6-2-1-5-7-3-4-8-5;2-1(3,4)8(5,6)7/h3-4H,1H2,(H,7,8);(H,5,6,7). The second kappa shape index (κ2) is 5.47. The van der Waals surface area contributed by atoms with E-state index in [0.29, 0.717) is 6.42 Å². The molecule has 0 aromatic carbocycles. The molecule has 1 heterocycles. The van der Waals surface area contributed by atoms with E-state index in [-0.39, 0.29) is 0 Å². The predicted octanol–water partition coefficient (Wildman–Crippen LogP) is 0.870. The Labute approximate surface area is 88.5 Å². The molecule has 0 aliphatic heterocycles. The van der Waals surface area contributed by atoms with Crippen LogP contribution in [0.15, 0.2) is 12.4 Å². The van der Waals surface area contributed by atoms with Crippen LogP contribution in [0.5, 0.6) is 0 Å². The van der Waals surface area contributed by atoms with Crippen molar-refractivity contribution in [3.63, 3.8) is 0 Å². The minimum absolute atomic E-state index is 0.368. The largest absolute Gasteiger partial charge is 0.522 e. The number of alkyl halides is 3. The Hall–Kier alpha value is -1.60. The van der Waals surface area contributed by atoms with Crippen molar-refractivity contribution in [1.29, 1.82) is 5.26 Å². The van der Waals surface area contributed by atoms with Crippen LogP contribution in [-0.4, -0.2) is 28.4 Å². The summed E-state index contributed by atoms with van der Waals surface area (Å²) >= 11 is 0. The van der Waals surface area contributed by atoms with Gasteiger partial charge in [0.2, 0.25) is 0 Å². The molecule has 0 bridgehead atoms. The highest BCUT2D eigenvalue weighted by Gasteiger charge is 2.44. The number of H-pyrrole nitrogens is 1. The Morgan fingerprint density at radius 1 is 1.56 bits per heavy atom. The fraction of sp³-hybridized carbons (Fsp3) is 0.333. The molecule has 90 valence electrons. The molecule has 0 aliphatic carbocycles. The molecule has 1 rings (SSSR count). The van der Waals surface area contributed by atoms with Crippen molar-refractivity contribution in [2.24, 2.45) is 0 Å².